The summed E-state index contributed by atoms with van der Waals surface area (Å²) in [5.41, 5.74) is 2.11. The Morgan fingerprint density at radius 3 is 2.80 bits per heavy atom. The van der Waals surface area contributed by atoms with E-state index in [0.29, 0.717) is 6.61 Å². The normalized spacial score (nSPS) is 12.3. The van der Waals surface area contributed by atoms with Gasteiger partial charge in [-0.2, -0.15) is 0 Å². The van der Waals surface area contributed by atoms with Crippen LogP contribution in [0.3, 0.4) is 0 Å². The molecule has 82 valence electrons. The van der Waals surface area contributed by atoms with Crippen LogP contribution in [0.1, 0.15) is 30.9 Å². The van der Waals surface area contributed by atoms with E-state index < -0.39 is 0 Å². The summed E-state index contributed by atoms with van der Waals surface area (Å²) in [4.78, 5) is 11.6. The SMILES string of the molecule is CCOC(=O)C(C)c1cccc(Br)c1C. The molecule has 0 aromatic heterocycles. The van der Waals surface area contributed by atoms with Crippen LogP contribution in [0.25, 0.3) is 0 Å². The third-order valence-electron chi connectivity index (χ3n) is 2.42. The number of carbonyl (C=O) groups excluding carboxylic acids is 1. The molecular weight excluding hydrogens is 256 g/mol. The van der Waals surface area contributed by atoms with Gasteiger partial charge in [-0.3, -0.25) is 4.79 Å². The van der Waals surface area contributed by atoms with E-state index in [1.807, 2.05) is 39.0 Å². The Morgan fingerprint density at radius 2 is 2.20 bits per heavy atom. The molecule has 0 saturated carbocycles. The maximum Gasteiger partial charge on any atom is 0.313 e. The largest absolute Gasteiger partial charge is 0.466 e. The number of benzene rings is 1. The molecule has 2 nitrogen and oxygen atoms in total. The van der Waals surface area contributed by atoms with E-state index >= 15 is 0 Å². The van der Waals surface area contributed by atoms with Crippen molar-refractivity contribution < 1.29 is 9.53 Å². The molecule has 3 heteroatoms. The Labute approximate surface area is 98.8 Å². The fraction of sp³-hybridized carbons (Fsp3) is 0.417. The first-order valence-corrected chi connectivity index (χ1v) is 5.78. The molecular formula is C12H15BrO2. The number of hydrogen-bond acceptors (Lipinski definition) is 2. The van der Waals surface area contributed by atoms with Crippen LogP contribution in [-0.2, 0) is 9.53 Å². The van der Waals surface area contributed by atoms with Crippen LogP contribution in [-0.4, -0.2) is 12.6 Å². The molecule has 0 fully saturated rings. The van der Waals surface area contributed by atoms with E-state index in [9.17, 15) is 4.79 Å². The summed E-state index contributed by atoms with van der Waals surface area (Å²) < 4.78 is 6.02. The van der Waals surface area contributed by atoms with Crippen molar-refractivity contribution in [1.29, 1.82) is 0 Å². The van der Waals surface area contributed by atoms with Gasteiger partial charge in [-0.1, -0.05) is 28.1 Å². The topological polar surface area (TPSA) is 26.3 Å². The van der Waals surface area contributed by atoms with Crippen molar-refractivity contribution in [3.63, 3.8) is 0 Å². The molecule has 1 atom stereocenters. The average Bonchev–Trinajstić information content (AvgIpc) is 2.21. The van der Waals surface area contributed by atoms with Crippen LogP contribution in [0, 0.1) is 6.92 Å². The van der Waals surface area contributed by atoms with E-state index in [2.05, 4.69) is 15.9 Å². The molecule has 0 N–H and O–H groups in total. The molecule has 0 bridgehead atoms. The Hall–Kier alpha value is -0.830. The van der Waals surface area contributed by atoms with Gasteiger partial charge in [0.1, 0.15) is 0 Å². The van der Waals surface area contributed by atoms with Gasteiger partial charge in [0.05, 0.1) is 12.5 Å². The zero-order chi connectivity index (χ0) is 11.4. The van der Waals surface area contributed by atoms with Gasteiger partial charge < -0.3 is 4.74 Å². The second-order valence-corrected chi connectivity index (χ2v) is 4.28. The van der Waals surface area contributed by atoms with Gasteiger partial charge in [0.15, 0.2) is 0 Å². The minimum absolute atomic E-state index is 0.168. The lowest BCUT2D eigenvalue weighted by molar-refractivity contribution is -0.144. The van der Waals surface area contributed by atoms with Crippen molar-refractivity contribution in [2.24, 2.45) is 0 Å². The van der Waals surface area contributed by atoms with E-state index in [-0.39, 0.29) is 11.9 Å². The van der Waals surface area contributed by atoms with Crippen molar-refractivity contribution in [3.8, 4) is 0 Å². The van der Waals surface area contributed by atoms with E-state index in [1.54, 1.807) is 0 Å². The van der Waals surface area contributed by atoms with E-state index in [4.69, 9.17) is 4.74 Å². The summed E-state index contributed by atoms with van der Waals surface area (Å²) in [6.07, 6.45) is 0. The Bertz CT molecular complexity index is 361. The highest BCUT2D eigenvalue weighted by Crippen LogP contribution is 2.26. The van der Waals surface area contributed by atoms with Gasteiger partial charge in [0.25, 0.3) is 0 Å². The first kappa shape index (κ1) is 12.2. The number of carbonyl (C=O) groups is 1. The standard InChI is InChI=1S/C12H15BrO2/c1-4-15-12(14)9(3)10-6-5-7-11(13)8(10)2/h5-7,9H,4H2,1-3H3. The molecule has 1 rings (SSSR count). The predicted octanol–water partition coefficient (Wildman–Crippen LogP) is 3.42. The number of ether oxygens (including phenoxy) is 1. The van der Waals surface area contributed by atoms with Crippen molar-refractivity contribution in [3.05, 3.63) is 33.8 Å². The molecule has 0 aliphatic heterocycles. The smallest absolute Gasteiger partial charge is 0.313 e. The maximum absolute atomic E-state index is 11.6. The van der Waals surface area contributed by atoms with Crippen LogP contribution in [0.15, 0.2) is 22.7 Å². The Morgan fingerprint density at radius 1 is 1.53 bits per heavy atom. The lowest BCUT2D eigenvalue weighted by atomic mass is 9.97. The summed E-state index contributed by atoms with van der Waals surface area (Å²) in [5.74, 6) is -0.374. The second kappa shape index (κ2) is 5.31. The molecule has 0 aliphatic carbocycles. The molecule has 0 radical (unpaired) electrons. The first-order chi connectivity index (χ1) is 7.07. The van der Waals surface area contributed by atoms with Crippen molar-refractivity contribution >= 4 is 21.9 Å². The highest BCUT2D eigenvalue weighted by molar-refractivity contribution is 9.10. The first-order valence-electron chi connectivity index (χ1n) is 4.99. The fourth-order valence-corrected chi connectivity index (χ4v) is 1.87. The molecule has 0 spiro atoms. The van der Waals surface area contributed by atoms with E-state index in [0.717, 1.165) is 15.6 Å². The van der Waals surface area contributed by atoms with E-state index in [1.165, 1.54) is 0 Å². The number of rotatable bonds is 3. The average molecular weight is 271 g/mol. The van der Waals surface area contributed by atoms with Crippen molar-refractivity contribution in [2.75, 3.05) is 6.61 Å². The molecule has 0 aliphatic rings. The molecule has 15 heavy (non-hydrogen) atoms. The quantitative estimate of drug-likeness (QED) is 0.787. The molecule has 0 amide bonds. The summed E-state index contributed by atoms with van der Waals surface area (Å²) in [5, 5.41) is 0. The lowest BCUT2D eigenvalue weighted by Crippen LogP contribution is -2.14. The van der Waals surface area contributed by atoms with Gasteiger partial charge in [-0.25, -0.2) is 0 Å². The van der Waals surface area contributed by atoms with Crippen LogP contribution >= 0.6 is 15.9 Å². The van der Waals surface area contributed by atoms with Crippen molar-refractivity contribution in [1.82, 2.24) is 0 Å². The fourth-order valence-electron chi connectivity index (χ4n) is 1.49. The van der Waals surface area contributed by atoms with Gasteiger partial charge >= 0.3 is 5.97 Å². The van der Waals surface area contributed by atoms with Gasteiger partial charge in [0.2, 0.25) is 0 Å². The minimum atomic E-state index is -0.206. The summed E-state index contributed by atoms with van der Waals surface area (Å²) in [6, 6.07) is 5.86. The molecule has 0 heterocycles. The summed E-state index contributed by atoms with van der Waals surface area (Å²) >= 11 is 3.45. The highest BCUT2D eigenvalue weighted by atomic mass is 79.9. The van der Waals surface area contributed by atoms with Crippen LogP contribution in [0.2, 0.25) is 0 Å². The number of hydrogen-bond donors (Lipinski definition) is 0. The Balaban J connectivity index is 2.96. The predicted molar refractivity (Wildman–Crippen MR) is 63.9 cm³/mol. The third-order valence-corrected chi connectivity index (χ3v) is 3.28. The van der Waals surface area contributed by atoms with Gasteiger partial charge in [-0.05, 0) is 38.0 Å². The summed E-state index contributed by atoms with van der Waals surface area (Å²) in [7, 11) is 0. The summed E-state index contributed by atoms with van der Waals surface area (Å²) in [6.45, 7) is 6.11. The molecule has 1 aromatic carbocycles. The van der Waals surface area contributed by atoms with Gasteiger partial charge in [-0.15, -0.1) is 0 Å². The molecule has 0 saturated heterocycles. The van der Waals surface area contributed by atoms with Gasteiger partial charge in [0, 0.05) is 4.47 Å². The number of halogens is 1. The zero-order valence-corrected chi connectivity index (χ0v) is 10.8. The monoisotopic (exact) mass is 270 g/mol. The van der Waals surface area contributed by atoms with Crippen LogP contribution < -0.4 is 0 Å². The molecule has 1 aromatic rings. The Kier molecular flexibility index (Phi) is 4.33. The maximum atomic E-state index is 11.6. The van der Waals surface area contributed by atoms with Crippen LogP contribution in [0.5, 0.6) is 0 Å². The van der Waals surface area contributed by atoms with Crippen molar-refractivity contribution in [2.45, 2.75) is 26.7 Å². The lowest BCUT2D eigenvalue weighted by Gasteiger charge is -2.14. The van der Waals surface area contributed by atoms with Crippen LogP contribution in [0.4, 0.5) is 0 Å². The zero-order valence-electron chi connectivity index (χ0n) is 9.21. The molecule has 1 unspecified atom stereocenters. The minimum Gasteiger partial charge on any atom is -0.466 e. The highest BCUT2D eigenvalue weighted by Gasteiger charge is 2.18. The number of esters is 1. The third kappa shape index (κ3) is 2.81. The second-order valence-electron chi connectivity index (χ2n) is 3.43.